The molecular weight excluding hydrogens is 278 g/mol. The van der Waals surface area contributed by atoms with Crippen molar-refractivity contribution < 1.29 is 0 Å². The Balaban J connectivity index is 2.13. The summed E-state index contributed by atoms with van der Waals surface area (Å²) in [5, 5.41) is 3.28. The molecule has 1 saturated heterocycles. The zero-order valence-corrected chi connectivity index (χ0v) is 12.1. The summed E-state index contributed by atoms with van der Waals surface area (Å²) in [6.45, 7) is 5.44. The van der Waals surface area contributed by atoms with E-state index in [0.717, 1.165) is 35.8 Å². The predicted octanol–water partition coefficient (Wildman–Crippen LogP) is 2.59. The van der Waals surface area contributed by atoms with Gasteiger partial charge in [-0.05, 0) is 66.8 Å². The smallest absolute Gasteiger partial charge is 0.143 e. The molecule has 1 atom stereocenters. The van der Waals surface area contributed by atoms with Crippen LogP contribution in [0.5, 0.6) is 0 Å². The molecule has 0 amide bonds. The van der Waals surface area contributed by atoms with Crippen molar-refractivity contribution in [2.45, 2.75) is 19.8 Å². The molecule has 94 valence electrons. The first-order valence-corrected chi connectivity index (χ1v) is 7.02. The Hall–Kier alpha value is -0.610. The van der Waals surface area contributed by atoms with Gasteiger partial charge in [0.05, 0.1) is 4.47 Å². The van der Waals surface area contributed by atoms with Crippen LogP contribution in [0.15, 0.2) is 16.7 Å². The fraction of sp³-hybridized carbons (Fsp3) is 0.615. The average molecular weight is 298 g/mol. The molecule has 4 heteroatoms. The first-order valence-electron chi connectivity index (χ1n) is 6.23. The Bertz CT molecular complexity index is 379. The van der Waals surface area contributed by atoms with Gasteiger partial charge in [-0.2, -0.15) is 0 Å². The molecule has 2 rings (SSSR count). The van der Waals surface area contributed by atoms with E-state index < -0.39 is 0 Å². The Morgan fingerprint density at radius 1 is 1.59 bits per heavy atom. The Morgan fingerprint density at radius 2 is 2.41 bits per heavy atom. The van der Waals surface area contributed by atoms with Crippen molar-refractivity contribution in [2.75, 3.05) is 31.6 Å². The lowest BCUT2D eigenvalue weighted by atomic mass is 9.98. The molecule has 17 heavy (non-hydrogen) atoms. The Kier molecular flexibility index (Phi) is 4.40. The summed E-state index contributed by atoms with van der Waals surface area (Å²) >= 11 is 3.65. The second kappa shape index (κ2) is 5.83. The second-order valence-electron chi connectivity index (χ2n) is 4.78. The third-order valence-electron chi connectivity index (χ3n) is 3.38. The summed E-state index contributed by atoms with van der Waals surface area (Å²) in [6.07, 6.45) is 4.48. The van der Waals surface area contributed by atoms with E-state index in [1.54, 1.807) is 0 Å². The lowest BCUT2D eigenvalue weighted by Crippen LogP contribution is -2.39. The summed E-state index contributed by atoms with van der Waals surface area (Å²) in [6, 6.07) is 2.04. The maximum absolute atomic E-state index is 4.52. The van der Waals surface area contributed by atoms with E-state index in [1.165, 1.54) is 18.4 Å². The van der Waals surface area contributed by atoms with E-state index >= 15 is 0 Å². The number of halogens is 1. The predicted molar refractivity (Wildman–Crippen MR) is 75.5 cm³/mol. The van der Waals surface area contributed by atoms with Crippen LogP contribution in [0.25, 0.3) is 0 Å². The highest BCUT2D eigenvalue weighted by atomic mass is 79.9. The normalized spacial score (nSPS) is 20.6. The van der Waals surface area contributed by atoms with E-state index in [0.29, 0.717) is 0 Å². The second-order valence-corrected chi connectivity index (χ2v) is 5.57. The minimum absolute atomic E-state index is 0.739. The number of aromatic nitrogens is 1. The van der Waals surface area contributed by atoms with Crippen LogP contribution in [0.2, 0.25) is 0 Å². The molecule has 1 aliphatic heterocycles. The number of aryl methyl sites for hydroxylation is 1. The molecule has 1 N–H and O–H groups in total. The molecule has 2 heterocycles. The van der Waals surface area contributed by atoms with Gasteiger partial charge >= 0.3 is 0 Å². The average Bonchev–Trinajstić information content (AvgIpc) is 2.33. The van der Waals surface area contributed by atoms with E-state index in [9.17, 15) is 0 Å². The van der Waals surface area contributed by atoms with Crippen molar-refractivity contribution in [3.63, 3.8) is 0 Å². The zero-order valence-electron chi connectivity index (χ0n) is 10.5. The van der Waals surface area contributed by atoms with E-state index in [2.05, 4.69) is 38.1 Å². The third-order valence-corrected chi connectivity index (χ3v) is 4.36. The van der Waals surface area contributed by atoms with E-state index in [-0.39, 0.29) is 0 Å². The van der Waals surface area contributed by atoms with Crippen LogP contribution in [-0.4, -0.2) is 31.7 Å². The first-order chi connectivity index (χ1) is 8.22. The fourth-order valence-electron chi connectivity index (χ4n) is 2.46. The van der Waals surface area contributed by atoms with Gasteiger partial charge in [-0.1, -0.05) is 0 Å². The number of nitrogens with one attached hydrogen (secondary N) is 1. The topological polar surface area (TPSA) is 28.2 Å². The highest BCUT2D eigenvalue weighted by Gasteiger charge is 2.22. The molecule has 0 aliphatic carbocycles. The van der Waals surface area contributed by atoms with Crippen molar-refractivity contribution in [1.82, 2.24) is 10.3 Å². The molecule has 3 nitrogen and oxygen atoms in total. The van der Waals surface area contributed by atoms with Crippen molar-refractivity contribution >= 4 is 21.7 Å². The van der Waals surface area contributed by atoms with Crippen molar-refractivity contribution in [3.05, 3.63) is 22.3 Å². The number of piperidine rings is 1. The van der Waals surface area contributed by atoms with Crippen LogP contribution in [-0.2, 0) is 0 Å². The fourth-order valence-corrected chi connectivity index (χ4v) is 2.94. The van der Waals surface area contributed by atoms with Crippen LogP contribution in [0.3, 0.4) is 0 Å². The monoisotopic (exact) mass is 297 g/mol. The van der Waals surface area contributed by atoms with Crippen molar-refractivity contribution in [1.29, 1.82) is 0 Å². The van der Waals surface area contributed by atoms with Crippen LogP contribution < -0.4 is 10.2 Å². The van der Waals surface area contributed by atoms with Gasteiger partial charge in [-0.3, -0.25) is 0 Å². The highest BCUT2D eigenvalue weighted by Crippen LogP contribution is 2.29. The van der Waals surface area contributed by atoms with Crippen LogP contribution in [0, 0.1) is 12.8 Å². The van der Waals surface area contributed by atoms with Gasteiger partial charge in [-0.15, -0.1) is 0 Å². The van der Waals surface area contributed by atoms with Crippen LogP contribution >= 0.6 is 15.9 Å². The summed E-state index contributed by atoms with van der Waals surface area (Å²) in [5.41, 5.74) is 1.26. The SMILES string of the molecule is CNCC1CCCN(c2nccc(C)c2Br)C1. The molecular formula is C13H20BrN3. The van der Waals surface area contributed by atoms with Gasteiger partial charge in [0.25, 0.3) is 0 Å². The molecule has 1 fully saturated rings. The summed E-state index contributed by atoms with van der Waals surface area (Å²) in [5.74, 6) is 1.84. The molecule has 0 bridgehead atoms. The molecule has 0 spiro atoms. The summed E-state index contributed by atoms with van der Waals surface area (Å²) in [4.78, 5) is 6.92. The standard InChI is InChI=1S/C13H20BrN3/c1-10-5-6-16-13(12(10)14)17-7-3-4-11(9-17)8-15-2/h5-6,11,15H,3-4,7-9H2,1-2H3. The summed E-state index contributed by atoms with van der Waals surface area (Å²) in [7, 11) is 2.03. The van der Waals surface area contributed by atoms with Crippen molar-refractivity contribution in [3.8, 4) is 0 Å². The van der Waals surface area contributed by atoms with E-state index in [1.807, 2.05) is 19.3 Å². The minimum Gasteiger partial charge on any atom is -0.355 e. The van der Waals surface area contributed by atoms with E-state index in [4.69, 9.17) is 0 Å². The Morgan fingerprint density at radius 3 is 3.18 bits per heavy atom. The van der Waals surface area contributed by atoms with Gasteiger partial charge in [0.15, 0.2) is 0 Å². The number of rotatable bonds is 3. The van der Waals surface area contributed by atoms with Crippen LogP contribution in [0.4, 0.5) is 5.82 Å². The minimum atomic E-state index is 0.739. The molecule has 0 saturated carbocycles. The number of anilines is 1. The molecule has 1 aromatic heterocycles. The quantitative estimate of drug-likeness (QED) is 0.929. The maximum atomic E-state index is 4.52. The van der Waals surface area contributed by atoms with Gasteiger partial charge in [0, 0.05) is 19.3 Å². The first kappa shape index (κ1) is 12.8. The van der Waals surface area contributed by atoms with Crippen molar-refractivity contribution in [2.24, 2.45) is 5.92 Å². The molecule has 0 aromatic carbocycles. The van der Waals surface area contributed by atoms with Gasteiger partial charge in [0.1, 0.15) is 5.82 Å². The molecule has 1 unspecified atom stereocenters. The number of pyridine rings is 1. The molecule has 1 aliphatic rings. The van der Waals surface area contributed by atoms with Gasteiger partial charge in [0.2, 0.25) is 0 Å². The summed E-state index contributed by atoms with van der Waals surface area (Å²) < 4.78 is 1.14. The van der Waals surface area contributed by atoms with Crippen LogP contribution in [0.1, 0.15) is 18.4 Å². The third kappa shape index (κ3) is 2.99. The van der Waals surface area contributed by atoms with Gasteiger partial charge in [-0.25, -0.2) is 4.98 Å². The number of nitrogens with zero attached hydrogens (tertiary/aromatic N) is 2. The van der Waals surface area contributed by atoms with Gasteiger partial charge < -0.3 is 10.2 Å². The lowest BCUT2D eigenvalue weighted by molar-refractivity contribution is 0.401. The molecule has 0 radical (unpaired) electrons. The maximum Gasteiger partial charge on any atom is 0.143 e. The largest absolute Gasteiger partial charge is 0.355 e. The molecule has 1 aromatic rings. The highest BCUT2D eigenvalue weighted by molar-refractivity contribution is 9.10. The number of hydrogen-bond donors (Lipinski definition) is 1. The Labute approximate surface area is 112 Å². The zero-order chi connectivity index (χ0) is 12.3. The lowest BCUT2D eigenvalue weighted by Gasteiger charge is -2.34. The number of hydrogen-bond acceptors (Lipinski definition) is 3.